The first-order chi connectivity index (χ1) is 7.31. The molecule has 80 valence electrons. The predicted octanol–water partition coefficient (Wildman–Crippen LogP) is 2.03. The molecule has 0 aromatic heterocycles. The molecule has 1 aromatic carbocycles. The first-order valence-corrected chi connectivity index (χ1v) is 5.45. The van der Waals surface area contributed by atoms with E-state index in [0.29, 0.717) is 11.8 Å². The zero-order valence-corrected chi connectivity index (χ0v) is 8.87. The normalized spacial score (nSPS) is 19.6. The quantitative estimate of drug-likeness (QED) is 0.737. The Hall–Kier alpha value is -1.28. The summed E-state index contributed by atoms with van der Waals surface area (Å²) < 4.78 is 0. The number of benzene rings is 1. The van der Waals surface area contributed by atoms with E-state index in [4.69, 9.17) is 0 Å². The molecule has 1 aliphatic rings. The number of phenolic OH excluding ortho intramolecular Hbond substituents is 1. The summed E-state index contributed by atoms with van der Waals surface area (Å²) in [5.74, 6) is 0.442. The lowest BCUT2D eigenvalue weighted by molar-refractivity contribution is 0.436. The SMILES string of the molecule is C=CCNC1CCc2cccc(O)c2C1. The van der Waals surface area contributed by atoms with Crippen LogP contribution in [0.3, 0.4) is 0 Å². The molecule has 2 N–H and O–H groups in total. The van der Waals surface area contributed by atoms with Gasteiger partial charge in [0.15, 0.2) is 0 Å². The van der Waals surface area contributed by atoms with E-state index in [9.17, 15) is 5.11 Å². The third kappa shape index (κ3) is 2.21. The van der Waals surface area contributed by atoms with E-state index < -0.39 is 0 Å². The highest BCUT2D eigenvalue weighted by Gasteiger charge is 2.19. The third-order valence-electron chi connectivity index (χ3n) is 3.01. The summed E-state index contributed by atoms with van der Waals surface area (Å²) >= 11 is 0. The molecule has 15 heavy (non-hydrogen) atoms. The van der Waals surface area contributed by atoms with Crippen LogP contribution in [0.5, 0.6) is 5.75 Å². The molecule has 0 aliphatic heterocycles. The highest BCUT2D eigenvalue weighted by atomic mass is 16.3. The van der Waals surface area contributed by atoms with Crippen molar-refractivity contribution >= 4 is 0 Å². The average molecular weight is 203 g/mol. The molecule has 0 saturated carbocycles. The van der Waals surface area contributed by atoms with E-state index >= 15 is 0 Å². The van der Waals surface area contributed by atoms with E-state index in [0.717, 1.165) is 31.4 Å². The lowest BCUT2D eigenvalue weighted by Crippen LogP contribution is -2.34. The minimum absolute atomic E-state index is 0.442. The van der Waals surface area contributed by atoms with Crippen LogP contribution in [-0.4, -0.2) is 17.7 Å². The van der Waals surface area contributed by atoms with Crippen LogP contribution in [0.15, 0.2) is 30.9 Å². The Kier molecular flexibility index (Phi) is 3.07. The predicted molar refractivity (Wildman–Crippen MR) is 62.1 cm³/mol. The summed E-state index contributed by atoms with van der Waals surface area (Å²) in [4.78, 5) is 0. The van der Waals surface area contributed by atoms with Crippen molar-refractivity contribution in [2.24, 2.45) is 0 Å². The maximum absolute atomic E-state index is 9.75. The van der Waals surface area contributed by atoms with Gasteiger partial charge in [-0.2, -0.15) is 0 Å². The molecule has 0 spiro atoms. The number of hydrogen-bond acceptors (Lipinski definition) is 2. The molecule has 0 fully saturated rings. The third-order valence-corrected chi connectivity index (χ3v) is 3.01. The van der Waals surface area contributed by atoms with Gasteiger partial charge in [-0.25, -0.2) is 0 Å². The Labute approximate surface area is 90.6 Å². The minimum Gasteiger partial charge on any atom is -0.508 e. The summed E-state index contributed by atoms with van der Waals surface area (Å²) in [5.41, 5.74) is 2.41. The number of phenols is 1. The van der Waals surface area contributed by atoms with Crippen molar-refractivity contribution in [1.82, 2.24) is 5.32 Å². The van der Waals surface area contributed by atoms with E-state index in [1.54, 1.807) is 6.07 Å². The maximum Gasteiger partial charge on any atom is 0.119 e. The second-order valence-corrected chi connectivity index (χ2v) is 4.05. The van der Waals surface area contributed by atoms with Gasteiger partial charge in [0.2, 0.25) is 0 Å². The monoisotopic (exact) mass is 203 g/mol. The van der Waals surface area contributed by atoms with Crippen LogP contribution in [-0.2, 0) is 12.8 Å². The second-order valence-electron chi connectivity index (χ2n) is 4.05. The van der Waals surface area contributed by atoms with Gasteiger partial charge in [0.25, 0.3) is 0 Å². The van der Waals surface area contributed by atoms with Crippen molar-refractivity contribution in [1.29, 1.82) is 0 Å². The van der Waals surface area contributed by atoms with E-state index in [1.165, 1.54) is 5.56 Å². The number of aryl methyl sites for hydroxylation is 1. The first-order valence-electron chi connectivity index (χ1n) is 5.45. The lowest BCUT2D eigenvalue weighted by atomic mass is 9.87. The largest absolute Gasteiger partial charge is 0.508 e. The van der Waals surface area contributed by atoms with Crippen molar-refractivity contribution in [2.75, 3.05) is 6.54 Å². The lowest BCUT2D eigenvalue weighted by Gasteiger charge is -2.25. The zero-order chi connectivity index (χ0) is 10.7. The molecule has 2 nitrogen and oxygen atoms in total. The number of nitrogens with one attached hydrogen (secondary N) is 1. The summed E-state index contributed by atoms with van der Waals surface area (Å²) in [5, 5.41) is 13.2. The number of aromatic hydroxyl groups is 1. The van der Waals surface area contributed by atoms with Gasteiger partial charge in [0.1, 0.15) is 5.75 Å². The fourth-order valence-electron chi connectivity index (χ4n) is 2.19. The van der Waals surface area contributed by atoms with Gasteiger partial charge in [0.05, 0.1) is 0 Å². The van der Waals surface area contributed by atoms with Crippen LogP contribution >= 0.6 is 0 Å². The van der Waals surface area contributed by atoms with Gasteiger partial charge in [-0.05, 0) is 36.5 Å². The smallest absolute Gasteiger partial charge is 0.119 e. The molecular weight excluding hydrogens is 186 g/mol. The number of rotatable bonds is 3. The molecule has 2 rings (SSSR count). The van der Waals surface area contributed by atoms with Gasteiger partial charge in [-0.1, -0.05) is 18.2 Å². The van der Waals surface area contributed by atoms with Gasteiger partial charge in [0, 0.05) is 12.6 Å². The van der Waals surface area contributed by atoms with E-state index in [1.807, 2.05) is 12.1 Å². The Morgan fingerprint density at radius 2 is 2.40 bits per heavy atom. The molecule has 0 heterocycles. The van der Waals surface area contributed by atoms with Crippen molar-refractivity contribution in [3.05, 3.63) is 42.0 Å². The van der Waals surface area contributed by atoms with Crippen molar-refractivity contribution in [2.45, 2.75) is 25.3 Å². The molecule has 0 saturated heterocycles. The minimum atomic E-state index is 0.442. The Bertz CT molecular complexity index is 360. The average Bonchev–Trinajstić information content (AvgIpc) is 2.27. The van der Waals surface area contributed by atoms with Crippen LogP contribution < -0.4 is 5.32 Å². The molecular formula is C13H17NO. The molecule has 1 unspecified atom stereocenters. The van der Waals surface area contributed by atoms with Crippen LogP contribution in [0.25, 0.3) is 0 Å². The molecule has 1 aliphatic carbocycles. The van der Waals surface area contributed by atoms with Gasteiger partial charge >= 0.3 is 0 Å². The van der Waals surface area contributed by atoms with Crippen LogP contribution in [0.4, 0.5) is 0 Å². The highest BCUT2D eigenvalue weighted by molar-refractivity contribution is 5.41. The van der Waals surface area contributed by atoms with Crippen LogP contribution in [0.1, 0.15) is 17.5 Å². The molecule has 1 atom stereocenters. The summed E-state index contributed by atoms with van der Waals surface area (Å²) in [6.07, 6.45) is 5.00. The summed E-state index contributed by atoms with van der Waals surface area (Å²) in [6, 6.07) is 6.28. The van der Waals surface area contributed by atoms with E-state index in [2.05, 4.69) is 18.0 Å². The molecule has 1 aromatic rings. The Morgan fingerprint density at radius 1 is 1.53 bits per heavy atom. The number of hydrogen-bond donors (Lipinski definition) is 2. The summed E-state index contributed by atoms with van der Waals surface area (Å²) in [6.45, 7) is 4.54. The maximum atomic E-state index is 9.75. The molecule has 0 radical (unpaired) electrons. The Morgan fingerprint density at radius 3 is 3.20 bits per heavy atom. The second kappa shape index (κ2) is 4.49. The molecule has 0 bridgehead atoms. The topological polar surface area (TPSA) is 32.3 Å². The van der Waals surface area contributed by atoms with Crippen LogP contribution in [0, 0.1) is 0 Å². The van der Waals surface area contributed by atoms with Crippen molar-refractivity contribution < 1.29 is 5.11 Å². The first kappa shape index (κ1) is 10.2. The fourth-order valence-corrected chi connectivity index (χ4v) is 2.19. The fraction of sp³-hybridized carbons (Fsp3) is 0.385. The molecule has 2 heteroatoms. The number of fused-ring (bicyclic) bond motifs is 1. The standard InChI is InChI=1S/C13H17NO/c1-2-8-14-11-7-6-10-4-3-5-13(15)12(10)9-11/h2-5,11,14-15H,1,6-9H2. The summed E-state index contributed by atoms with van der Waals surface area (Å²) in [7, 11) is 0. The molecule has 0 amide bonds. The zero-order valence-electron chi connectivity index (χ0n) is 8.87. The van der Waals surface area contributed by atoms with Crippen molar-refractivity contribution in [3.63, 3.8) is 0 Å². The van der Waals surface area contributed by atoms with Gasteiger partial charge in [-0.15, -0.1) is 6.58 Å². The van der Waals surface area contributed by atoms with E-state index in [-0.39, 0.29) is 0 Å². The van der Waals surface area contributed by atoms with Crippen LogP contribution in [0.2, 0.25) is 0 Å². The van der Waals surface area contributed by atoms with Gasteiger partial charge in [-0.3, -0.25) is 0 Å². The van der Waals surface area contributed by atoms with Gasteiger partial charge < -0.3 is 10.4 Å². The highest BCUT2D eigenvalue weighted by Crippen LogP contribution is 2.28. The van der Waals surface area contributed by atoms with Crippen molar-refractivity contribution in [3.8, 4) is 5.75 Å². The Balaban J connectivity index is 2.11.